The van der Waals surface area contributed by atoms with Crippen LogP contribution in [0.5, 0.6) is 11.5 Å². The first-order valence-electron chi connectivity index (χ1n) is 6.67. The van der Waals surface area contributed by atoms with Gasteiger partial charge in [-0.05, 0) is 12.1 Å². The third kappa shape index (κ3) is 2.44. The Morgan fingerprint density at radius 1 is 1.18 bits per heavy atom. The molecule has 0 atom stereocenters. The summed E-state index contributed by atoms with van der Waals surface area (Å²) in [5, 5.41) is 4.19. The molecule has 2 aromatic rings. The maximum absolute atomic E-state index is 13.1. The molecule has 8 heteroatoms. The van der Waals surface area contributed by atoms with Crippen LogP contribution >= 0.6 is 0 Å². The Morgan fingerprint density at radius 2 is 1.86 bits per heavy atom. The van der Waals surface area contributed by atoms with Gasteiger partial charge < -0.3 is 15.2 Å². The molecule has 3 rings (SSSR count). The molecule has 0 aliphatic carbocycles. The number of hydrogen-bond donors (Lipinski definition) is 1. The minimum absolute atomic E-state index is 0.0606. The Bertz CT molecular complexity index is 691. The van der Waals surface area contributed by atoms with Gasteiger partial charge in [0.25, 0.3) is 0 Å². The van der Waals surface area contributed by atoms with Crippen LogP contribution in [0.1, 0.15) is 12.0 Å². The number of ether oxygens (including phenoxy) is 2. The molecular formula is C14H14F3N3O2. The number of alkyl halides is 3. The molecule has 22 heavy (non-hydrogen) atoms. The smallest absolute Gasteiger partial charge is 0.420 e. The summed E-state index contributed by atoms with van der Waals surface area (Å²) in [7, 11) is 1.65. The number of nitrogens with two attached hydrogens (primary N) is 1. The Balaban J connectivity index is 2.20. The normalized spacial score (nSPS) is 14.7. The minimum Gasteiger partial charge on any atom is -0.489 e. The number of aryl methyl sites for hydroxylation is 1. The first-order valence-corrected chi connectivity index (χ1v) is 6.67. The number of hydrogen-bond acceptors (Lipinski definition) is 4. The van der Waals surface area contributed by atoms with Gasteiger partial charge in [-0.3, -0.25) is 4.68 Å². The zero-order valence-corrected chi connectivity index (χ0v) is 11.8. The number of halogens is 3. The van der Waals surface area contributed by atoms with Crippen LogP contribution in [0.2, 0.25) is 0 Å². The third-order valence-corrected chi connectivity index (χ3v) is 3.39. The SMILES string of the molecule is Cn1nc(-c2ccc(C(F)(F)F)c3c2OCCCO3)cc1N. The van der Waals surface area contributed by atoms with E-state index in [1.165, 1.54) is 10.7 Å². The van der Waals surface area contributed by atoms with Crippen LogP contribution in [0.25, 0.3) is 11.3 Å². The van der Waals surface area contributed by atoms with Gasteiger partial charge in [0.05, 0.1) is 18.9 Å². The summed E-state index contributed by atoms with van der Waals surface area (Å²) in [5.74, 6) is 0.176. The van der Waals surface area contributed by atoms with Crippen molar-refractivity contribution in [3.8, 4) is 22.8 Å². The monoisotopic (exact) mass is 313 g/mol. The molecule has 5 nitrogen and oxygen atoms in total. The predicted octanol–water partition coefficient (Wildman–Crippen LogP) is 2.85. The van der Waals surface area contributed by atoms with Crippen LogP contribution < -0.4 is 15.2 Å². The quantitative estimate of drug-likeness (QED) is 0.879. The Kier molecular flexibility index (Phi) is 3.38. The second kappa shape index (κ2) is 5.11. The van der Waals surface area contributed by atoms with Gasteiger partial charge in [0.15, 0.2) is 11.5 Å². The maximum atomic E-state index is 13.1. The Labute approximate surface area is 124 Å². The van der Waals surface area contributed by atoms with Crippen LogP contribution in [0.15, 0.2) is 18.2 Å². The van der Waals surface area contributed by atoms with Crippen LogP contribution in [-0.2, 0) is 13.2 Å². The maximum Gasteiger partial charge on any atom is 0.420 e. The molecule has 0 radical (unpaired) electrons. The molecule has 2 heterocycles. The summed E-state index contributed by atoms with van der Waals surface area (Å²) in [5.41, 5.74) is 5.75. The fourth-order valence-electron chi connectivity index (χ4n) is 2.29. The number of anilines is 1. The van der Waals surface area contributed by atoms with E-state index in [9.17, 15) is 13.2 Å². The van der Waals surface area contributed by atoms with Crippen LogP contribution in [0.4, 0.5) is 19.0 Å². The van der Waals surface area contributed by atoms with Gasteiger partial charge in [-0.25, -0.2) is 0 Å². The van der Waals surface area contributed by atoms with Crippen molar-refractivity contribution in [2.75, 3.05) is 18.9 Å². The van der Waals surface area contributed by atoms with E-state index < -0.39 is 11.7 Å². The lowest BCUT2D eigenvalue weighted by atomic mass is 10.1. The summed E-state index contributed by atoms with van der Waals surface area (Å²) >= 11 is 0. The number of benzene rings is 1. The molecule has 0 amide bonds. The topological polar surface area (TPSA) is 62.3 Å². The van der Waals surface area contributed by atoms with Crippen molar-refractivity contribution in [2.24, 2.45) is 7.05 Å². The summed E-state index contributed by atoms with van der Waals surface area (Å²) in [6, 6.07) is 3.89. The fourth-order valence-corrected chi connectivity index (χ4v) is 2.29. The van der Waals surface area contributed by atoms with Gasteiger partial charge in [-0.2, -0.15) is 18.3 Å². The van der Waals surface area contributed by atoms with Gasteiger partial charge in [0.2, 0.25) is 0 Å². The number of rotatable bonds is 1. The molecule has 118 valence electrons. The lowest BCUT2D eigenvalue weighted by Crippen LogP contribution is -2.09. The molecule has 0 saturated heterocycles. The summed E-state index contributed by atoms with van der Waals surface area (Å²) in [4.78, 5) is 0. The summed E-state index contributed by atoms with van der Waals surface area (Å²) in [6.07, 6.45) is -4.00. The van der Waals surface area contributed by atoms with Crippen molar-refractivity contribution in [1.29, 1.82) is 0 Å². The second-order valence-corrected chi connectivity index (χ2v) is 4.95. The van der Waals surface area contributed by atoms with E-state index >= 15 is 0 Å². The lowest BCUT2D eigenvalue weighted by molar-refractivity contribution is -0.139. The van der Waals surface area contributed by atoms with E-state index in [-0.39, 0.29) is 24.7 Å². The molecular weight excluding hydrogens is 299 g/mol. The highest BCUT2D eigenvalue weighted by Crippen LogP contribution is 2.47. The highest BCUT2D eigenvalue weighted by Gasteiger charge is 2.37. The van der Waals surface area contributed by atoms with Crippen molar-refractivity contribution in [3.05, 3.63) is 23.8 Å². The third-order valence-electron chi connectivity index (χ3n) is 3.39. The van der Waals surface area contributed by atoms with Crippen LogP contribution in [-0.4, -0.2) is 23.0 Å². The summed E-state index contributed by atoms with van der Waals surface area (Å²) < 4.78 is 51.6. The van der Waals surface area contributed by atoms with Crippen molar-refractivity contribution in [2.45, 2.75) is 12.6 Å². The van der Waals surface area contributed by atoms with Crippen LogP contribution in [0.3, 0.4) is 0 Å². The van der Waals surface area contributed by atoms with Crippen molar-refractivity contribution < 1.29 is 22.6 Å². The first-order chi connectivity index (χ1) is 10.4. The number of aromatic nitrogens is 2. The Hall–Kier alpha value is -2.38. The van der Waals surface area contributed by atoms with Crippen molar-refractivity contribution in [1.82, 2.24) is 9.78 Å². The van der Waals surface area contributed by atoms with E-state index in [1.54, 1.807) is 13.1 Å². The van der Waals surface area contributed by atoms with Crippen LogP contribution in [0, 0.1) is 0 Å². The molecule has 1 aliphatic rings. The average Bonchev–Trinajstić information content (AvgIpc) is 2.65. The number of nitrogens with zero attached hydrogens (tertiary/aromatic N) is 2. The van der Waals surface area contributed by atoms with E-state index in [0.717, 1.165) is 6.07 Å². The molecule has 0 saturated carbocycles. The van der Waals surface area contributed by atoms with Gasteiger partial charge >= 0.3 is 6.18 Å². The molecule has 0 fully saturated rings. The molecule has 1 aromatic heterocycles. The van der Waals surface area contributed by atoms with E-state index in [2.05, 4.69) is 5.10 Å². The van der Waals surface area contributed by atoms with E-state index in [4.69, 9.17) is 15.2 Å². The van der Waals surface area contributed by atoms with E-state index in [1.807, 2.05) is 0 Å². The average molecular weight is 313 g/mol. The molecule has 1 aromatic carbocycles. The molecule has 2 N–H and O–H groups in total. The van der Waals surface area contributed by atoms with Gasteiger partial charge in [-0.1, -0.05) is 0 Å². The predicted molar refractivity (Wildman–Crippen MR) is 73.7 cm³/mol. The number of nitrogen functional groups attached to an aromatic ring is 1. The molecule has 0 bridgehead atoms. The zero-order chi connectivity index (χ0) is 15.9. The fraction of sp³-hybridized carbons (Fsp3) is 0.357. The van der Waals surface area contributed by atoms with Gasteiger partial charge in [0, 0.05) is 25.1 Å². The molecule has 0 unspecified atom stereocenters. The number of fused-ring (bicyclic) bond motifs is 1. The first kappa shape index (κ1) is 14.6. The molecule has 0 spiro atoms. The van der Waals surface area contributed by atoms with Crippen molar-refractivity contribution in [3.63, 3.8) is 0 Å². The zero-order valence-electron chi connectivity index (χ0n) is 11.8. The highest BCUT2D eigenvalue weighted by atomic mass is 19.4. The highest BCUT2D eigenvalue weighted by molar-refractivity contribution is 5.74. The Morgan fingerprint density at radius 3 is 2.45 bits per heavy atom. The molecule has 1 aliphatic heterocycles. The van der Waals surface area contributed by atoms with Gasteiger partial charge in [-0.15, -0.1) is 0 Å². The second-order valence-electron chi connectivity index (χ2n) is 4.95. The van der Waals surface area contributed by atoms with Crippen molar-refractivity contribution >= 4 is 5.82 Å². The largest absolute Gasteiger partial charge is 0.489 e. The van der Waals surface area contributed by atoms with Gasteiger partial charge in [0.1, 0.15) is 11.4 Å². The minimum atomic E-state index is -4.51. The van der Waals surface area contributed by atoms with E-state index in [0.29, 0.717) is 23.5 Å². The lowest BCUT2D eigenvalue weighted by Gasteiger charge is -2.17. The standard InChI is InChI=1S/C14H14F3N3O2/c1-20-11(18)7-10(19-20)8-3-4-9(14(15,16)17)13-12(8)21-5-2-6-22-13/h3-4,7H,2,5-6,18H2,1H3. The summed E-state index contributed by atoms with van der Waals surface area (Å²) in [6.45, 7) is 0.452.